The van der Waals surface area contributed by atoms with Crippen LogP contribution in [0.5, 0.6) is 0 Å². The van der Waals surface area contributed by atoms with Crippen molar-refractivity contribution in [1.29, 1.82) is 0 Å². The second-order valence-electron chi connectivity index (χ2n) is 4.27. The first-order chi connectivity index (χ1) is 9.08. The van der Waals surface area contributed by atoms with Crippen molar-refractivity contribution in [2.24, 2.45) is 0 Å². The Labute approximate surface area is 124 Å². The molecule has 0 N–H and O–H groups in total. The summed E-state index contributed by atoms with van der Waals surface area (Å²) in [5, 5.41) is 0. The lowest BCUT2D eigenvalue weighted by atomic mass is 10.3. The Bertz CT molecular complexity index is 244. The minimum absolute atomic E-state index is 0.167. The smallest absolute Gasteiger partial charge is 0.132 e. The lowest BCUT2D eigenvalue weighted by Gasteiger charge is -1.81. The summed E-state index contributed by atoms with van der Waals surface area (Å²) in [5.74, 6) is 1.02. The fraction of sp³-hybridized carbons (Fsp3) is 0.750. The summed E-state index contributed by atoms with van der Waals surface area (Å²) in [6.45, 7) is 13.7. The van der Waals surface area contributed by atoms with Gasteiger partial charge in [0.2, 0.25) is 0 Å². The molecule has 4 heteroatoms. The van der Waals surface area contributed by atoms with E-state index in [1.165, 1.54) is 13.8 Å². The van der Waals surface area contributed by atoms with Crippen molar-refractivity contribution in [3.05, 3.63) is 0 Å². The SMILES string of the molecule is CC(C)=O.CCC(=O)CC.CCC(C)=O.CCC(C)=O. The largest absolute Gasteiger partial charge is 0.300 e. The molecule has 0 aromatic heterocycles. The highest BCUT2D eigenvalue weighted by molar-refractivity contribution is 5.77. The van der Waals surface area contributed by atoms with E-state index in [1.54, 1.807) is 13.8 Å². The molecule has 0 spiro atoms. The normalized spacial score (nSPS) is 7.60. The molecule has 20 heavy (non-hydrogen) atoms. The summed E-state index contributed by atoms with van der Waals surface area (Å²) in [4.78, 5) is 39.2. The van der Waals surface area contributed by atoms with E-state index in [0.717, 1.165) is 0 Å². The number of hydrogen-bond donors (Lipinski definition) is 0. The zero-order chi connectivity index (χ0) is 17.1. The van der Waals surface area contributed by atoms with Crippen LogP contribution in [0.1, 0.15) is 81.1 Å². The molecule has 120 valence electrons. The van der Waals surface area contributed by atoms with Crippen LogP contribution in [-0.4, -0.2) is 23.1 Å². The predicted molar refractivity (Wildman–Crippen MR) is 83.9 cm³/mol. The van der Waals surface area contributed by atoms with Crippen molar-refractivity contribution in [3.8, 4) is 0 Å². The van der Waals surface area contributed by atoms with Gasteiger partial charge in [-0.2, -0.15) is 0 Å². The van der Waals surface area contributed by atoms with Gasteiger partial charge in [-0.05, 0) is 27.7 Å². The summed E-state index contributed by atoms with van der Waals surface area (Å²) in [6, 6.07) is 0. The van der Waals surface area contributed by atoms with Crippen molar-refractivity contribution < 1.29 is 19.2 Å². The molecule has 0 fully saturated rings. The van der Waals surface area contributed by atoms with Crippen LogP contribution in [0.2, 0.25) is 0 Å². The maximum atomic E-state index is 10.2. The van der Waals surface area contributed by atoms with Crippen LogP contribution < -0.4 is 0 Å². The van der Waals surface area contributed by atoms with Gasteiger partial charge >= 0.3 is 0 Å². The van der Waals surface area contributed by atoms with E-state index in [4.69, 9.17) is 0 Å². The standard InChI is InChI=1S/C5H10O.2C4H8O.C3H6O/c1-3-5(6)4-2;2*1-3-4(2)5;1-3(2)4/h3-4H2,1-2H3;2*3H2,1-2H3;1-2H3. The van der Waals surface area contributed by atoms with E-state index in [-0.39, 0.29) is 17.3 Å². The number of hydrogen-bond acceptors (Lipinski definition) is 4. The van der Waals surface area contributed by atoms with Crippen LogP contribution in [0.15, 0.2) is 0 Å². The van der Waals surface area contributed by atoms with E-state index in [2.05, 4.69) is 0 Å². The van der Waals surface area contributed by atoms with Gasteiger partial charge in [0.15, 0.2) is 0 Å². The van der Waals surface area contributed by atoms with Gasteiger partial charge in [0.25, 0.3) is 0 Å². The molecule has 0 aliphatic rings. The fourth-order valence-corrected chi connectivity index (χ4v) is 0.250. The van der Waals surface area contributed by atoms with Crippen molar-refractivity contribution in [1.82, 2.24) is 0 Å². The van der Waals surface area contributed by atoms with Gasteiger partial charge in [-0.25, -0.2) is 0 Å². The Morgan fingerprint density at radius 3 is 0.700 bits per heavy atom. The molecule has 0 aliphatic carbocycles. The van der Waals surface area contributed by atoms with Gasteiger partial charge in [-0.3, -0.25) is 4.79 Å². The average molecular weight is 288 g/mol. The van der Waals surface area contributed by atoms with Crippen LogP contribution in [-0.2, 0) is 19.2 Å². The van der Waals surface area contributed by atoms with Gasteiger partial charge in [0, 0.05) is 25.7 Å². The first kappa shape index (κ1) is 27.1. The maximum Gasteiger partial charge on any atom is 0.132 e. The minimum atomic E-state index is 0.167. The molecular weight excluding hydrogens is 256 g/mol. The summed E-state index contributed by atoms with van der Waals surface area (Å²) in [5.41, 5.74) is 0. The van der Waals surface area contributed by atoms with Gasteiger partial charge in [-0.1, -0.05) is 27.7 Å². The monoisotopic (exact) mass is 288 g/mol. The molecule has 0 radical (unpaired) electrons. The van der Waals surface area contributed by atoms with Gasteiger partial charge in [-0.15, -0.1) is 0 Å². The van der Waals surface area contributed by atoms with Crippen LogP contribution in [0.25, 0.3) is 0 Å². The van der Waals surface area contributed by atoms with Crippen molar-refractivity contribution >= 4 is 23.1 Å². The Balaban J connectivity index is -0.0000000862. The highest BCUT2D eigenvalue weighted by Gasteiger charge is 1.86. The first-order valence-electron chi connectivity index (χ1n) is 7.06. The van der Waals surface area contributed by atoms with Gasteiger partial charge < -0.3 is 14.4 Å². The molecule has 0 saturated carbocycles. The fourth-order valence-electron chi connectivity index (χ4n) is 0.250. The highest BCUT2D eigenvalue weighted by Crippen LogP contribution is 1.83. The lowest BCUT2D eigenvalue weighted by molar-refractivity contribution is -0.118. The summed E-state index contributed by atoms with van der Waals surface area (Å²) in [6.07, 6.45) is 2.72. The number of carbonyl (C=O) groups is 4. The molecule has 0 rings (SSSR count). The highest BCUT2D eigenvalue weighted by atomic mass is 16.1. The van der Waals surface area contributed by atoms with E-state index >= 15 is 0 Å². The van der Waals surface area contributed by atoms with E-state index < -0.39 is 0 Å². The van der Waals surface area contributed by atoms with Crippen LogP contribution in [0, 0.1) is 0 Å². The third-order valence-corrected chi connectivity index (χ3v) is 1.78. The molecule has 0 atom stereocenters. The van der Waals surface area contributed by atoms with Crippen LogP contribution in [0.4, 0.5) is 0 Å². The first-order valence-corrected chi connectivity index (χ1v) is 7.06. The van der Waals surface area contributed by atoms with Crippen LogP contribution in [0.3, 0.4) is 0 Å². The third-order valence-electron chi connectivity index (χ3n) is 1.78. The molecule has 0 amide bonds. The maximum absolute atomic E-state index is 10.2. The molecule has 0 heterocycles. The molecule has 0 aromatic carbocycles. The summed E-state index contributed by atoms with van der Waals surface area (Å²) < 4.78 is 0. The van der Waals surface area contributed by atoms with E-state index in [1.807, 2.05) is 27.7 Å². The second-order valence-corrected chi connectivity index (χ2v) is 4.27. The minimum Gasteiger partial charge on any atom is -0.300 e. The Kier molecular flexibility index (Phi) is 30.9. The second kappa shape index (κ2) is 22.8. The Hall–Kier alpha value is -1.32. The van der Waals surface area contributed by atoms with Crippen molar-refractivity contribution in [2.75, 3.05) is 0 Å². The molecule has 0 aromatic rings. The number of carbonyl (C=O) groups excluding carboxylic acids is 4. The molecule has 4 nitrogen and oxygen atoms in total. The summed E-state index contributed by atoms with van der Waals surface area (Å²) in [7, 11) is 0. The van der Waals surface area contributed by atoms with Gasteiger partial charge in [0.05, 0.1) is 0 Å². The van der Waals surface area contributed by atoms with Crippen molar-refractivity contribution in [2.45, 2.75) is 81.1 Å². The molecule has 0 unspecified atom stereocenters. The predicted octanol–water partition coefficient (Wildman–Crippen LogP) is 3.94. The topological polar surface area (TPSA) is 68.3 Å². The number of ketones is 4. The molecular formula is C16H32O4. The lowest BCUT2D eigenvalue weighted by Crippen LogP contribution is -1.88. The Morgan fingerprint density at radius 1 is 0.550 bits per heavy atom. The van der Waals surface area contributed by atoms with Gasteiger partial charge in [0.1, 0.15) is 23.1 Å². The summed E-state index contributed by atoms with van der Waals surface area (Å²) >= 11 is 0. The third kappa shape index (κ3) is 91.9. The number of rotatable bonds is 4. The van der Waals surface area contributed by atoms with Crippen molar-refractivity contribution in [3.63, 3.8) is 0 Å². The Morgan fingerprint density at radius 2 is 0.700 bits per heavy atom. The zero-order valence-electron chi connectivity index (χ0n) is 14.5. The van der Waals surface area contributed by atoms with Crippen LogP contribution >= 0.6 is 0 Å². The molecule has 0 saturated heterocycles. The van der Waals surface area contributed by atoms with E-state index in [0.29, 0.717) is 31.5 Å². The zero-order valence-corrected chi connectivity index (χ0v) is 14.5. The van der Waals surface area contributed by atoms with E-state index in [9.17, 15) is 19.2 Å². The average Bonchev–Trinajstić information content (AvgIpc) is 2.38. The molecule has 0 bridgehead atoms. The quantitative estimate of drug-likeness (QED) is 0.785. The number of Topliss-reactive ketones (excluding diaryl/α,β-unsaturated/α-hetero) is 4. The molecule has 0 aliphatic heterocycles.